The van der Waals surface area contributed by atoms with E-state index < -0.39 is 10.0 Å². The fourth-order valence-electron chi connectivity index (χ4n) is 4.14. The summed E-state index contributed by atoms with van der Waals surface area (Å²) < 4.78 is 25.1. The molecule has 2 fully saturated rings. The number of aromatic nitrogens is 2. The number of amides is 1. The van der Waals surface area contributed by atoms with Crippen molar-refractivity contribution in [3.8, 4) is 0 Å². The number of piperidine rings is 1. The SMILES string of the molecule is CS(=O)(=O)N1CCC[C@H](C(=O)N2CCCN(c3nc4ccccc4[nH]3)CC2)C1. The number of anilines is 1. The maximum absolute atomic E-state index is 13.0. The Hall–Kier alpha value is -2.13. The number of imidazole rings is 1. The summed E-state index contributed by atoms with van der Waals surface area (Å²) >= 11 is 0. The highest BCUT2D eigenvalue weighted by Gasteiger charge is 2.33. The van der Waals surface area contributed by atoms with E-state index in [0.717, 1.165) is 42.8 Å². The molecule has 28 heavy (non-hydrogen) atoms. The van der Waals surface area contributed by atoms with Crippen LogP contribution in [-0.2, 0) is 14.8 Å². The van der Waals surface area contributed by atoms with E-state index in [2.05, 4.69) is 14.9 Å². The van der Waals surface area contributed by atoms with Crippen molar-refractivity contribution in [3.05, 3.63) is 24.3 Å². The van der Waals surface area contributed by atoms with Crippen LogP contribution in [-0.4, -0.2) is 79.0 Å². The van der Waals surface area contributed by atoms with Gasteiger partial charge < -0.3 is 14.8 Å². The van der Waals surface area contributed by atoms with Crippen molar-refractivity contribution in [2.24, 2.45) is 5.92 Å². The molecule has 0 aliphatic carbocycles. The molecule has 2 aliphatic rings. The van der Waals surface area contributed by atoms with Gasteiger partial charge in [-0.15, -0.1) is 0 Å². The number of carbonyl (C=O) groups excluding carboxylic acids is 1. The maximum Gasteiger partial charge on any atom is 0.227 e. The molecule has 2 saturated heterocycles. The highest BCUT2D eigenvalue weighted by molar-refractivity contribution is 7.88. The number of fused-ring (bicyclic) bond motifs is 1. The highest BCUT2D eigenvalue weighted by Crippen LogP contribution is 2.23. The number of H-pyrrole nitrogens is 1. The number of rotatable bonds is 3. The number of nitrogens with one attached hydrogen (secondary N) is 1. The summed E-state index contributed by atoms with van der Waals surface area (Å²) in [5, 5.41) is 0. The summed E-state index contributed by atoms with van der Waals surface area (Å²) in [7, 11) is -3.25. The Morgan fingerprint density at radius 3 is 2.71 bits per heavy atom. The van der Waals surface area contributed by atoms with E-state index in [1.54, 1.807) is 0 Å². The molecule has 0 bridgehead atoms. The van der Waals surface area contributed by atoms with Crippen LogP contribution in [0.5, 0.6) is 0 Å². The summed E-state index contributed by atoms with van der Waals surface area (Å²) in [6.45, 7) is 3.71. The molecule has 4 rings (SSSR count). The summed E-state index contributed by atoms with van der Waals surface area (Å²) in [4.78, 5) is 25.1. The Labute approximate surface area is 165 Å². The van der Waals surface area contributed by atoms with Crippen LogP contribution in [0, 0.1) is 5.92 Å². The summed E-state index contributed by atoms with van der Waals surface area (Å²) in [6.07, 6.45) is 3.58. The number of sulfonamides is 1. The number of carbonyl (C=O) groups is 1. The number of para-hydroxylation sites is 2. The monoisotopic (exact) mass is 405 g/mol. The van der Waals surface area contributed by atoms with Gasteiger partial charge in [0.15, 0.2) is 0 Å². The molecule has 1 N–H and O–H groups in total. The van der Waals surface area contributed by atoms with Crippen LogP contribution in [0.1, 0.15) is 19.3 Å². The fourth-order valence-corrected chi connectivity index (χ4v) is 5.05. The van der Waals surface area contributed by atoms with E-state index in [1.165, 1.54) is 10.6 Å². The van der Waals surface area contributed by atoms with Crippen LogP contribution in [0.15, 0.2) is 24.3 Å². The molecular formula is C19H27N5O3S. The maximum atomic E-state index is 13.0. The van der Waals surface area contributed by atoms with Gasteiger partial charge in [-0.1, -0.05) is 12.1 Å². The molecule has 0 unspecified atom stereocenters. The summed E-state index contributed by atoms with van der Waals surface area (Å²) in [5.41, 5.74) is 1.95. The van der Waals surface area contributed by atoms with Crippen LogP contribution in [0.4, 0.5) is 5.95 Å². The largest absolute Gasteiger partial charge is 0.341 e. The Kier molecular flexibility index (Phi) is 5.29. The van der Waals surface area contributed by atoms with Crippen molar-refractivity contribution in [1.29, 1.82) is 0 Å². The van der Waals surface area contributed by atoms with E-state index in [1.807, 2.05) is 29.2 Å². The second kappa shape index (κ2) is 7.71. The van der Waals surface area contributed by atoms with E-state index in [4.69, 9.17) is 0 Å². The van der Waals surface area contributed by atoms with E-state index in [0.29, 0.717) is 32.7 Å². The zero-order valence-electron chi connectivity index (χ0n) is 16.2. The first-order valence-electron chi connectivity index (χ1n) is 9.85. The molecule has 3 heterocycles. The van der Waals surface area contributed by atoms with Crippen molar-refractivity contribution in [1.82, 2.24) is 19.2 Å². The average Bonchev–Trinajstić information content (AvgIpc) is 2.96. The Bertz CT molecular complexity index is 924. The van der Waals surface area contributed by atoms with Gasteiger partial charge in [-0.05, 0) is 31.4 Å². The van der Waals surface area contributed by atoms with Gasteiger partial charge in [0, 0.05) is 39.3 Å². The molecule has 152 valence electrons. The lowest BCUT2D eigenvalue weighted by atomic mass is 9.98. The number of hydrogen-bond acceptors (Lipinski definition) is 5. The normalized spacial score (nSPS) is 22.4. The lowest BCUT2D eigenvalue weighted by Gasteiger charge is -2.33. The predicted molar refractivity (Wildman–Crippen MR) is 109 cm³/mol. The van der Waals surface area contributed by atoms with Crippen LogP contribution in [0.3, 0.4) is 0 Å². The van der Waals surface area contributed by atoms with Gasteiger partial charge in [0.1, 0.15) is 0 Å². The summed E-state index contributed by atoms with van der Waals surface area (Å²) in [5.74, 6) is 0.692. The van der Waals surface area contributed by atoms with Crippen molar-refractivity contribution in [2.75, 3.05) is 50.4 Å². The van der Waals surface area contributed by atoms with Crippen molar-refractivity contribution in [2.45, 2.75) is 19.3 Å². The van der Waals surface area contributed by atoms with Gasteiger partial charge in [0.25, 0.3) is 0 Å². The van der Waals surface area contributed by atoms with Crippen LogP contribution >= 0.6 is 0 Å². The molecule has 8 nitrogen and oxygen atoms in total. The first-order valence-corrected chi connectivity index (χ1v) is 11.7. The molecule has 1 aromatic carbocycles. The third-order valence-corrected chi connectivity index (χ3v) is 6.96. The number of aromatic amines is 1. The van der Waals surface area contributed by atoms with Gasteiger partial charge in [-0.25, -0.2) is 17.7 Å². The second-order valence-electron chi connectivity index (χ2n) is 7.70. The highest BCUT2D eigenvalue weighted by atomic mass is 32.2. The Balaban J connectivity index is 1.41. The number of benzene rings is 1. The average molecular weight is 406 g/mol. The Morgan fingerprint density at radius 1 is 1.11 bits per heavy atom. The first kappa shape index (κ1) is 19.2. The molecule has 2 aliphatic heterocycles. The molecule has 1 atom stereocenters. The third-order valence-electron chi connectivity index (χ3n) is 5.69. The lowest BCUT2D eigenvalue weighted by Crippen LogP contribution is -2.47. The zero-order chi connectivity index (χ0) is 19.7. The van der Waals surface area contributed by atoms with Crippen LogP contribution < -0.4 is 4.90 Å². The quantitative estimate of drug-likeness (QED) is 0.831. The lowest BCUT2D eigenvalue weighted by molar-refractivity contribution is -0.136. The van der Waals surface area contributed by atoms with Crippen molar-refractivity contribution in [3.63, 3.8) is 0 Å². The van der Waals surface area contributed by atoms with Crippen molar-refractivity contribution >= 4 is 32.9 Å². The van der Waals surface area contributed by atoms with Gasteiger partial charge >= 0.3 is 0 Å². The standard InChI is InChI=1S/C19H27N5O3S/c1-28(26,27)24-11-4-6-15(14-24)18(25)22-9-5-10-23(13-12-22)19-20-16-7-2-3-8-17(16)21-19/h2-3,7-8,15H,4-6,9-14H2,1H3,(H,20,21)/t15-/m0/s1. The minimum Gasteiger partial charge on any atom is -0.341 e. The van der Waals surface area contributed by atoms with Gasteiger partial charge in [-0.2, -0.15) is 0 Å². The zero-order valence-corrected chi connectivity index (χ0v) is 17.0. The summed E-state index contributed by atoms with van der Waals surface area (Å²) in [6, 6.07) is 7.95. The minimum absolute atomic E-state index is 0.0832. The predicted octanol–water partition coefficient (Wildman–Crippen LogP) is 1.27. The van der Waals surface area contributed by atoms with Gasteiger partial charge in [-0.3, -0.25) is 4.79 Å². The molecule has 0 spiro atoms. The van der Waals surface area contributed by atoms with E-state index in [9.17, 15) is 13.2 Å². The smallest absolute Gasteiger partial charge is 0.227 e. The van der Waals surface area contributed by atoms with Crippen molar-refractivity contribution < 1.29 is 13.2 Å². The molecule has 9 heteroatoms. The van der Waals surface area contributed by atoms with Crippen LogP contribution in [0.25, 0.3) is 11.0 Å². The third kappa shape index (κ3) is 4.00. The number of hydrogen-bond donors (Lipinski definition) is 1. The van der Waals surface area contributed by atoms with Gasteiger partial charge in [0.2, 0.25) is 21.9 Å². The molecule has 0 saturated carbocycles. The first-order chi connectivity index (χ1) is 13.4. The second-order valence-corrected chi connectivity index (χ2v) is 9.69. The fraction of sp³-hybridized carbons (Fsp3) is 0.579. The molecule has 1 aromatic heterocycles. The van der Waals surface area contributed by atoms with Crippen LogP contribution in [0.2, 0.25) is 0 Å². The molecular weight excluding hydrogens is 378 g/mol. The molecule has 2 aromatic rings. The topological polar surface area (TPSA) is 89.6 Å². The van der Waals surface area contributed by atoms with E-state index in [-0.39, 0.29) is 11.8 Å². The van der Waals surface area contributed by atoms with Gasteiger partial charge in [0.05, 0.1) is 23.2 Å². The molecule has 0 radical (unpaired) electrons. The minimum atomic E-state index is -3.25. The number of nitrogens with zero attached hydrogens (tertiary/aromatic N) is 4. The van der Waals surface area contributed by atoms with E-state index >= 15 is 0 Å². The Morgan fingerprint density at radius 2 is 1.93 bits per heavy atom. The molecule has 1 amide bonds.